The lowest BCUT2D eigenvalue weighted by Crippen LogP contribution is -2.64. The zero-order valence-corrected chi connectivity index (χ0v) is 8.77. The molecule has 14 heavy (non-hydrogen) atoms. The van der Waals surface area contributed by atoms with Crippen molar-refractivity contribution in [1.29, 1.82) is 0 Å². The molecule has 2 N–H and O–H groups in total. The van der Waals surface area contributed by atoms with Gasteiger partial charge in [-0.3, -0.25) is 4.79 Å². The van der Waals surface area contributed by atoms with E-state index in [1.165, 1.54) is 6.92 Å². The molecular formula is C8H16N2O4. The van der Waals surface area contributed by atoms with Gasteiger partial charge in [-0.2, -0.15) is 0 Å². The van der Waals surface area contributed by atoms with Crippen molar-refractivity contribution in [1.82, 2.24) is 5.32 Å². The normalized spacial score (nSPS) is 16.0. The summed E-state index contributed by atoms with van der Waals surface area (Å²) in [5.74, 6) is -2.41. The summed E-state index contributed by atoms with van der Waals surface area (Å²) in [5.41, 5.74) is 0. The van der Waals surface area contributed by atoms with Gasteiger partial charge in [-0.25, -0.2) is 5.32 Å². The van der Waals surface area contributed by atoms with Gasteiger partial charge in [-0.15, -0.1) is 0 Å². The number of likely N-dealkylation sites (N-methyl/N-ethyl adjacent to an activating group) is 1. The van der Waals surface area contributed by atoms with Gasteiger partial charge >= 0.3 is 5.97 Å². The molecule has 82 valence electrons. The molecule has 6 nitrogen and oxygen atoms in total. The van der Waals surface area contributed by atoms with Gasteiger partial charge < -0.3 is 19.5 Å². The van der Waals surface area contributed by atoms with Crippen LogP contribution >= 0.6 is 0 Å². The van der Waals surface area contributed by atoms with Crippen LogP contribution in [0, 0.1) is 0 Å². The van der Waals surface area contributed by atoms with Gasteiger partial charge in [0.1, 0.15) is 12.0 Å². The molecular weight excluding hydrogens is 188 g/mol. The van der Waals surface area contributed by atoms with Gasteiger partial charge in [0.05, 0.1) is 21.1 Å². The highest BCUT2D eigenvalue weighted by atomic mass is 16.4. The number of nitrogens with zero attached hydrogens (tertiary/aromatic N) is 1. The van der Waals surface area contributed by atoms with Crippen LogP contribution in [-0.4, -0.2) is 54.9 Å². The second-order valence-electron chi connectivity index (χ2n) is 4.06. The molecule has 0 heterocycles. The molecule has 2 unspecified atom stereocenters. The van der Waals surface area contributed by atoms with E-state index in [2.05, 4.69) is 5.32 Å². The Balaban J connectivity index is 4.55. The van der Waals surface area contributed by atoms with E-state index in [1.54, 1.807) is 21.1 Å². The number of aliphatic carboxylic acids is 2. The van der Waals surface area contributed by atoms with E-state index < -0.39 is 24.1 Å². The monoisotopic (exact) mass is 204 g/mol. The van der Waals surface area contributed by atoms with Crippen molar-refractivity contribution in [2.45, 2.75) is 19.1 Å². The molecule has 0 aliphatic heterocycles. The van der Waals surface area contributed by atoms with Crippen LogP contribution in [0.1, 0.15) is 6.92 Å². The second-order valence-corrected chi connectivity index (χ2v) is 4.06. The van der Waals surface area contributed by atoms with Crippen LogP contribution in [0.4, 0.5) is 0 Å². The van der Waals surface area contributed by atoms with Crippen molar-refractivity contribution in [2.24, 2.45) is 0 Å². The highest BCUT2D eigenvalue weighted by molar-refractivity contribution is 5.75. The maximum atomic E-state index is 10.7. The molecule has 0 bridgehead atoms. The van der Waals surface area contributed by atoms with E-state index in [0.29, 0.717) is 0 Å². The van der Waals surface area contributed by atoms with Crippen molar-refractivity contribution in [3.05, 3.63) is 0 Å². The van der Waals surface area contributed by atoms with E-state index in [1.807, 2.05) is 0 Å². The predicted octanol–water partition coefficient (Wildman–Crippen LogP) is -2.17. The number of hydrogen-bond donors (Lipinski definition) is 2. The summed E-state index contributed by atoms with van der Waals surface area (Å²) in [7, 11) is 4.92. The Labute approximate surface area is 82.7 Å². The topological polar surface area (TPSA) is 89.5 Å². The minimum Gasteiger partial charge on any atom is -0.543 e. The molecule has 0 spiro atoms. The van der Waals surface area contributed by atoms with Crippen molar-refractivity contribution in [3.8, 4) is 0 Å². The van der Waals surface area contributed by atoms with Gasteiger partial charge in [-0.1, -0.05) is 0 Å². The molecule has 0 saturated heterocycles. The first-order chi connectivity index (χ1) is 6.16. The van der Waals surface area contributed by atoms with Crippen LogP contribution in [0.3, 0.4) is 0 Å². The van der Waals surface area contributed by atoms with E-state index in [9.17, 15) is 14.7 Å². The minimum atomic E-state index is -1.31. The van der Waals surface area contributed by atoms with E-state index in [0.717, 1.165) is 0 Å². The number of carboxylic acids is 2. The van der Waals surface area contributed by atoms with Crippen LogP contribution in [0.15, 0.2) is 0 Å². The molecule has 0 aliphatic carbocycles. The van der Waals surface area contributed by atoms with E-state index in [-0.39, 0.29) is 4.48 Å². The molecule has 0 saturated carbocycles. The molecule has 2 atom stereocenters. The maximum Gasteiger partial charge on any atom is 0.320 e. The molecule has 6 heteroatoms. The van der Waals surface area contributed by atoms with Gasteiger partial charge in [0.2, 0.25) is 0 Å². The number of rotatable bonds is 5. The van der Waals surface area contributed by atoms with Gasteiger partial charge in [-0.05, 0) is 6.92 Å². The number of quaternary nitrogens is 1. The third-order valence-corrected chi connectivity index (χ3v) is 1.78. The smallest absolute Gasteiger partial charge is 0.320 e. The SMILES string of the molecule is CC(NC(C(=O)[O-])[N+](C)(C)C)C(=O)O. The zero-order chi connectivity index (χ0) is 11.5. The number of carbonyl (C=O) groups excluding carboxylic acids is 1. The number of nitrogens with one attached hydrogen (secondary N) is 1. The summed E-state index contributed by atoms with van der Waals surface area (Å²) in [4.78, 5) is 21.2. The average molecular weight is 204 g/mol. The third kappa shape index (κ3) is 3.71. The first kappa shape index (κ1) is 12.9. The summed E-state index contributed by atoms with van der Waals surface area (Å²) in [6.45, 7) is 1.38. The van der Waals surface area contributed by atoms with Crippen molar-refractivity contribution in [3.63, 3.8) is 0 Å². The lowest BCUT2D eigenvalue weighted by atomic mass is 10.3. The average Bonchev–Trinajstić information content (AvgIpc) is 1.96. The highest BCUT2D eigenvalue weighted by Crippen LogP contribution is 2.00. The maximum absolute atomic E-state index is 10.7. The molecule has 0 aromatic rings. The Hall–Kier alpha value is -1.14. The van der Waals surface area contributed by atoms with Crippen LogP contribution in [-0.2, 0) is 9.59 Å². The van der Waals surface area contributed by atoms with Crippen molar-refractivity contribution in [2.75, 3.05) is 21.1 Å². The summed E-state index contributed by atoms with van der Waals surface area (Å²) in [5, 5.41) is 21.8. The summed E-state index contributed by atoms with van der Waals surface area (Å²) >= 11 is 0. The molecule has 0 radical (unpaired) electrons. The molecule has 0 aromatic heterocycles. The Bertz CT molecular complexity index is 234. The van der Waals surface area contributed by atoms with E-state index >= 15 is 0 Å². The standard InChI is InChI=1S/C8H16N2O4/c1-5(7(11)12)9-6(8(13)14)10(2,3)4/h5-6,9H,1-4H3,(H-,11,12,13,14). The predicted molar refractivity (Wildman–Crippen MR) is 47.1 cm³/mol. The van der Waals surface area contributed by atoms with Gasteiger partial charge in [0.25, 0.3) is 0 Å². The second kappa shape index (κ2) is 4.39. The molecule has 0 amide bonds. The third-order valence-electron chi connectivity index (χ3n) is 1.78. The van der Waals surface area contributed by atoms with Gasteiger partial charge in [0.15, 0.2) is 6.17 Å². The fraction of sp³-hybridized carbons (Fsp3) is 0.750. The fourth-order valence-electron chi connectivity index (χ4n) is 0.916. The summed E-state index contributed by atoms with van der Waals surface area (Å²) in [6.07, 6.45) is -1.04. The van der Waals surface area contributed by atoms with Crippen LogP contribution in [0.2, 0.25) is 0 Å². The molecule has 0 rings (SSSR count). The first-order valence-electron chi connectivity index (χ1n) is 4.17. The Morgan fingerprint density at radius 3 is 2.00 bits per heavy atom. The number of carbonyl (C=O) groups is 2. The number of carboxylic acid groups (broad SMARTS) is 2. The molecule has 0 fully saturated rings. The summed E-state index contributed by atoms with van der Waals surface area (Å²) < 4.78 is 0.0555. The quantitative estimate of drug-likeness (QED) is 0.393. The zero-order valence-electron chi connectivity index (χ0n) is 8.77. The van der Waals surface area contributed by atoms with Crippen LogP contribution in [0.25, 0.3) is 0 Å². The van der Waals surface area contributed by atoms with Crippen molar-refractivity contribution >= 4 is 11.9 Å². The van der Waals surface area contributed by atoms with Crippen LogP contribution < -0.4 is 10.4 Å². The Kier molecular flexibility index (Phi) is 4.03. The Morgan fingerprint density at radius 2 is 1.79 bits per heavy atom. The van der Waals surface area contributed by atoms with Crippen molar-refractivity contribution < 1.29 is 24.3 Å². The first-order valence-corrected chi connectivity index (χ1v) is 4.17. The fourth-order valence-corrected chi connectivity index (χ4v) is 0.916. The number of hydrogen-bond acceptors (Lipinski definition) is 4. The lowest BCUT2D eigenvalue weighted by molar-refractivity contribution is -0.892. The summed E-state index contributed by atoms with van der Waals surface area (Å²) in [6, 6.07) is -0.921. The van der Waals surface area contributed by atoms with Crippen LogP contribution in [0.5, 0.6) is 0 Å². The van der Waals surface area contributed by atoms with Gasteiger partial charge in [0, 0.05) is 0 Å². The minimum absolute atomic E-state index is 0.0555. The Morgan fingerprint density at radius 1 is 1.36 bits per heavy atom. The largest absolute Gasteiger partial charge is 0.543 e. The molecule has 0 aromatic carbocycles. The lowest BCUT2D eigenvalue weighted by Gasteiger charge is -2.35. The highest BCUT2D eigenvalue weighted by Gasteiger charge is 2.28. The molecule has 0 aliphatic rings. The van der Waals surface area contributed by atoms with E-state index in [4.69, 9.17) is 5.11 Å².